The van der Waals surface area contributed by atoms with Gasteiger partial charge in [-0.15, -0.1) is 0 Å². The van der Waals surface area contributed by atoms with E-state index in [0.717, 1.165) is 0 Å². The summed E-state index contributed by atoms with van der Waals surface area (Å²) in [6.07, 6.45) is 4.84. The smallest absolute Gasteiger partial charge is 0.340 e. The van der Waals surface area contributed by atoms with Gasteiger partial charge in [-0.25, -0.2) is 19.7 Å². The zero-order valence-electron chi connectivity index (χ0n) is 18.5. The third-order valence-electron chi connectivity index (χ3n) is 4.94. The van der Waals surface area contributed by atoms with Gasteiger partial charge in [-0.2, -0.15) is 0 Å². The summed E-state index contributed by atoms with van der Waals surface area (Å²) in [5.41, 5.74) is 7.21. The molecular formula is C22H22N6O6. The Kier molecular flexibility index (Phi) is 6.57. The van der Waals surface area contributed by atoms with Gasteiger partial charge in [0.25, 0.3) is 5.91 Å². The Morgan fingerprint density at radius 1 is 1.15 bits per heavy atom. The van der Waals surface area contributed by atoms with Crippen molar-refractivity contribution < 1.29 is 28.2 Å². The molecule has 0 aliphatic carbocycles. The van der Waals surface area contributed by atoms with Gasteiger partial charge in [0.05, 0.1) is 44.7 Å². The second-order valence-corrected chi connectivity index (χ2v) is 7.04. The number of methoxy groups -OCH3 is 2. The Labute approximate surface area is 193 Å². The molecule has 4 rings (SSSR count). The molecule has 176 valence electrons. The maximum atomic E-state index is 12.9. The molecule has 12 nitrogen and oxygen atoms in total. The first kappa shape index (κ1) is 22.6. The van der Waals surface area contributed by atoms with Gasteiger partial charge in [0.1, 0.15) is 11.8 Å². The minimum atomic E-state index is -0.641. The molecule has 0 atom stereocenters. The number of rotatable bonds is 9. The maximum Gasteiger partial charge on any atom is 0.340 e. The van der Waals surface area contributed by atoms with Crippen molar-refractivity contribution in [2.75, 3.05) is 31.9 Å². The Morgan fingerprint density at radius 3 is 2.68 bits per heavy atom. The summed E-state index contributed by atoms with van der Waals surface area (Å²) in [5.74, 6) is -0.134. The van der Waals surface area contributed by atoms with Crippen molar-refractivity contribution >= 4 is 34.5 Å². The number of imidazole rings is 1. The standard InChI is InChI=1S/C22H22N6O6/c1-31-16-9-13(14(10-17(16)32-2)27-21(29)15-5-3-7-33-15)22(30)34-8-4-6-28-12-26-18-19(23)24-11-25-20(18)28/h3,5,7,9-12H,4,6,8H2,1-2H3,(H,27,29)(H2,23,24,25). The molecule has 0 aliphatic heterocycles. The molecule has 3 heterocycles. The van der Waals surface area contributed by atoms with Crippen LogP contribution in [-0.4, -0.2) is 52.2 Å². The molecule has 12 heteroatoms. The molecule has 3 N–H and O–H groups in total. The van der Waals surface area contributed by atoms with Gasteiger partial charge in [-0.1, -0.05) is 0 Å². The summed E-state index contributed by atoms with van der Waals surface area (Å²) in [7, 11) is 2.89. The number of nitrogens with two attached hydrogens (primary N) is 1. The summed E-state index contributed by atoms with van der Waals surface area (Å²) in [6.45, 7) is 0.604. The molecule has 1 aromatic carbocycles. The average Bonchev–Trinajstić information content (AvgIpc) is 3.52. The molecule has 0 saturated carbocycles. The first-order valence-corrected chi connectivity index (χ1v) is 10.2. The predicted molar refractivity (Wildman–Crippen MR) is 121 cm³/mol. The van der Waals surface area contributed by atoms with Crippen LogP contribution < -0.4 is 20.5 Å². The molecule has 34 heavy (non-hydrogen) atoms. The van der Waals surface area contributed by atoms with Crippen LogP contribution >= 0.6 is 0 Å². The Morgan fingerprint density at radius 2 is 1.94 bits per heavy atom. The van der Waals surface area contributed by atoms with Gasteiger partial charge in [-0.3, -0.25) is 4.79 Å². The number of hydrogen-bond donors (Lipinski definition) is 2. The number of aromatic nitrogens is 4. The number of ether oxygens (including phenoxy) is 3. The fourth-order valence-corrected chi connectivity index (χ4v) is 3.28. The Balaban J connectivity index is 1.46. The van der Waals surface area contributed by atoms with E-state index in [4.69, 9.17) is 24.4 Å². The highest BCUT2D eigenvalue weighted by Gasteiger charge is 2.21. The average molecular weight is 466 g/mol. The summed E-state index contributed by atoms with van der Waals surface area (Å²) < 4.78 is 22.9. The number of amides is 1. The van der Waals surface area contributed by atoms with E-state index in [1.54, 1.807) is 17.0 Å². The molecule has 0 bridgehead atoms. The lowest BCUT2D eigenvalue weighted by atomic mass is 10.1. The molecule has 3 aromatic heterocycles. The zero-order chi connectivity index (χ0) is 24.1. The van der Waals surface area contributed by atoms with Crippen LogP contribution in [0, 0.1) is 0 Å². The first-order chi connectivity index (χ1) is 16.5. The molecule has 0 radical (unpaired) electrons. The molecule has 4 aromatic rings. The van der Waals surface area contributed by atoms with Crippen LogP contribution in [0.2, 0.25) is 0 Å². The summed E-state index contributed by atoms with van der Waals surface area (Å²) in [6, 6.07) is 6.02. The predicted octanol–water partition coefficient (Wildman–Crippen LogP) is 2.52. The minimum Gasteiger partial charge on any atom is -0.493 e. The number of nitrogens with one attached hydrogen (secondary N) is 1. The third kappa shape index (κ3) is 4.60. The lowest BCUT2D eigenvalue weighted by Gasteiger charge is -2.15. The molecular weight excluding hydrogens is 444 g/mol. The highest BCUT2D eigenvalue weighted by molar-refractivity contribution is 6.07. The number of nitrogen functional groups attached to an aromatic ring is 1. The van der Waals surface area contributed by atoms with E-state index in [1.807, 2.05) is 0 Å². The van der Waals surface area contributed by atoms with Crippen molar-refractivity contribution in [3.8, 4) is 11.5 Å². The lowest BCUT2D eigenvalue weighted by Crippen LogP contribution is -2.16. The fourth-order valence-electron chi connectivity index (χ4n) is 3.28. The van der Waals surface area contributed by atoms with Gasteiger partial charge >= 0.3 is 5.97 Å². The van der Waals surface area contributed by atoms with Crippen LogP contribution in [0.1, 0.15) is 27.3 Å². The Bertz CT molecular complexity index is 1320. The van der Waals surface area contributed by atoms with Crippen molar-refractivity contribution in [1.29, 1.82) is 0 Å². The molecule has 1 amide bonds. The van der Waals surface area contributed by atoms with Gasteiger partial charge < -0.3 is 34.2 Å². The largest absolute Gasteiger partial charge is 0.493 e. The topological polar surface area (TPSA) is 157 Å². The van der Waals surface area contributed by atoms with Crippen molar-refractivity contribution in [3.05, 3.63) is 54.5 Å². The molecule has 0 unspecified atom stereocenters. The summed E-state index contributed by atoms with van der Waals surface area (Å²) >= 11 is 0. The maximum absolute atomic E-state index is 12.9. The van der Waals surface area contributed by atoms with Crippen LogP contribution in [0.4, 0.5) is 11.5 Å². The zero-order valence-corrected chi connectivity index (χ0v) is 18.5. The van der Waals surface area contributed by atoms with E-state index in [2.05, 4.69) is 20.3 Å². The number of fused-ring (bicyclic) bond motifs is 1. The molecule has 0 aliphatic rings. The number of aryl methyl sites for hydroxylation is 1. The van der Waals surface area contributed by atoms with Crippen LogP contribution in [0.3, 0.4) is 0 Å². The van der Waals surface area contributed by atoms with Crippen LogP contribution in [-0.2, 0) is 11.3 Å². The minimum absolute atomic E-state index is 0.0890. The summed E-state index contributed by atoms with van der Waals surface area (Å²) in [5, 5.41) is 2.65. The van der Waals surface area contributed by atoms with E-state index in [9.17, 15) is 9.59 Å². The van der Waals surface area contributed by atoms with E-state index in [-0.39, 0.29) is 23.6 Å². The molecule has 0 saturated heterocycles. The van der Waals surface area contributed by atoms with Crippen molar-refractivity contribution in [2.45, 2.75) is 13.0 Å². The van der Waals surface area contributed by atoms with Crippen LogP contribution in [0.5, 0.6) is 11.5 Å². The van der Waals surface area contributed by atoms with E-state index in [1.165, 1.54) is 45.0 Å². The van der Waals surface area contributed by atoms with Gasteiger partial charge in [0.15, 0.2) is 28.7 Å². The summed E-state index contributed by atoms with van der Waals surface area (Å²) in [4.78, 5) is 37.6. The number of benzene rings is 1. The second kappa shape index (κ2) is 9.90. The number of esters is 1. The van der Waals surface area contributed by atoms with E-state index >= 15 is 0 Å². The molecule has 0 fully saturated rings. The number of nitrogens with zero attached hydrogens (tertiary/aromatic N) is 4. The number of anilines is 2. The molecule has 0 spiro atoms. The van der Waals surface area contributed by atoms with Gasteiger partial charge in [-0.05, 0) is 18.6 Å². The highest BCUT2D eigenvalue weighted by Crippen LogP contribution is 2.34. The van der Waals surface area contributed by atoms with Crippen molar-refractivity contribution in [1.82, 2.24) is 19.5 Å². The second-order valence-electron chi connectivity index (χ2n) is 7.04. The number of furan rings is 1. The monoisotopic (exact) mass is 466 g/mol. The highest BCUT2D eigenvalue weighted by atomic mass is 16.5. The number of hydrogen-bond acceptors (Lipinski definition) is 10. The van der Waals surface area contributed by atoms with Crippen molar-refractivity contribution in [2.24, 2.45) is 0 Å². The quantitative estimate of drug-likeness (QED) is 0.277. The van der Waals surface area contributed by atoms with E-state index < -0.39 is 11.9 Å². The normalized spacial score (nSPS) is 10.8. The van der Waals surface area contributed by atoms with Crippen LogP contribution in [0.15, 0.2) is 47.6 Å². The van der Waals surface area contributed by atoms with E-state index in [0.29, 0.717) is 41.4 Å². The third-order valence-corrected chi connectivity index (χ3v) is 4.94. The number of carbonyl (C=O) groups is 2. The Hall–Kier alpha value is -4.61. The first-order valence-electron chi connectivity index (χ1n) is 10.2. The number of carbonyl (C=O) groups excluding carboxylic acids is 2. The van der Waals surface area contributed by atoms with Gasteiger partial charge in [0.2, 0.25) is 0 Å². The fraction of sp³-hybridized carbons (Fsp3) is 0.227. The SMILES string of the molecule is COc1cc(NC(=O)c2ccco2)c(C(=O)OCCCn2cnc3c(N)ncnc32)cc1OC. The lowest BCUT2D eigenvalue weighted by molar-refractivity contribution is 0.0497. The van der Waals surface area contributed by atoms with Crippen LogP contribution in [0.25, 0.3) is 11.2 Å². The van der Waals surface area contributed by atoms with Crippen molar-refractivity contribution in [3.63, 3.8) is 0 Å². The van der Waals surface area contributed by atoms with Gasteiger partial charge in [0, 0.05) is 18.7 Å².